The van der Waals surface area contributed by atoms with Gasteiger partial charge in [-0.1, -0.05) is 41.9 Å². The van der Waals surface area contributed by atoms with Crippen LogP contribution in [0.3, 0.4) is 0 Å². The van der Waals surface area contributed by atoms with E-state index in [1.807, 2.05) is 42.5 Å². The molecule has 0 aliphatic heterocycles. The zero-order valence-electron chi connectivity index (χ0n) is 12.4. The Balaban J connectivity index is 1.94. The van der Waals surface area contributed by atoms with Crippen LogP contribution in [0.5, 0.6) is 5.75 Å². The highest BCUT2D eigenvalue weighted by atomic mass is 79.9. The van der Waals surface area contributed by atoms with Gasteiger partial charge in [-0.05, 0) is 57.7 Å². The minimum Gasteiger partial charge on any atom is -0.483 e. The van der Waals surface area contributed by atoms with Crippen molar-refractivity contribution < 1.29 is 9.53 Å². The molecule has 0 heterocycles. The van der Waals surface area contributed by atoms with E-state index >= 15 is 0 Å². The van der Waals surface area contributed by atoms with Crippen LogP contribution in [-0.4, -0.2) is 12.5 Å². The number of carbonyl (C=O) groups excluding carboxylic acids is 1. The fraction of sp³-hybridized carbons (Fsp3) is 0.235. The highest BCUT2D eigenvalue weighted by Gasteiger charge is 2.08. The van der Waals surface area contributed by atoms with Gasteiger partial charge < -0.3 is 10.1 Å². The maximum atomic E-state index is 11.9. The first-order valence-electron chi connectivity index (χ1n) is 6.93. The van der Waals surface area contributed by atoms with Crippen LogP contribution in [0.1, 0.15) is 25.3 Å². The Labute approximate surface area is 147 Å². The van der Waals surface area contributed by atoms with Gasteiger partial charge in [0.15, 0.2) is 6.61 Å². The smallest absolute Gasteiger partial charge is 0.262 e. The average Bonchev–Trinajstić information content (AvgIpc) is 2.45. The van der Waals surface area contributed by atoms with Gasteiger partial charge >= 0.3 is 0 Å². The zero-order valence-corrected chi connectivity index (χ0v) is 15.6. The number of amides is 1. The molecule has 2 aromatic carbocycles. The van der Waals surface area contributed by atoms with Crippen molar-refractivity contribution in [3.05, 3.63) is 57.0 Å². The molecule has 116 valence electrons. The van der Waals surface area contributed by atoms with Crippen LogP contribution in [0, 0.1) is 0 Å². The summed E-state index contributed by atoms with van der Waals surface area (Å²) in [4.78, 5) is 11.9. The molecule has 5 heteroatoms. The van der Waals surface area contributed by atoms with Gasteiger partial charge in [0.25, 0.3) is 5.91 Å². The van der Waals surface area contributed by atoms with E-state index in [-0.39, 0.29) is 12.5 Å². The highest BCUT2D eigenvalue weighted by molar-refractivity contribution is 9.10. The summed E-state index contributed by atoms with van der Waals surface area (Å²) in [5.41, 5.74) is 1.95. The molecule has 3 nitrogen and oxygen atoms in total. The number of halogens is 2. The third kappa shape index (κ3) is 4.85. The number of nitrogens with one attached hydrogen (secondary N) is 1. The van der Waals surface area contributed by atoms with Crippen molar-refractivity contribution in [3.63, 3.8) is 0 Å². The normalized spacial score (nSPS) is 10.6. The lowest BCUT2D eigenvalue weighted by Crippen LogP contribution is -2.20. The second kappa shape index (κ2) is 7.79. The third-order valence-electron chi connectivity index (χ3n) is 3.09. The summed E-state index contributed by atoms with van der Waals surface area (Å²) in [7, 11) is 0. The molecule has 1 amide bonds. The molecule has 0 bridgehead atoms. The van der Waals surface area contributed by atoms with E-state index in [1.54, 1.807) is 0 Å². The summed E-state index contributed by atoms with van der Waals surface area (Å²) in [5.74, 6) is 0.914. The molecule has 2 aromatic rings. The third-order valence-corrected chi connectivity index (χ3v) is 4.20. The van der Waals surface area contributed by atoms with Crippen LogP contribution in [-0.2, 0) is 4.79 Å². The molecule has 0 spiro atoms. The van der Waals surface area contributed by atoms with E-state index in [9.17, 15) is 4.79 Å². The summed E-state index contributed by atoms with van der Waals surface area (Å²) >= 11 is 6.85. The van der Waals surface area contributed by atoms with Crippen LogP contribution < -0.4 is 10.1 Å². The number of carbonyl (C=O) groups is 1. The standard InChI is InChI=1S/C17H17Br2NO2/c1-11(2)12-6-7-16(15(19)8-12)22-10-17(21)20-14-5-3-4-13(18)9-14/h3-9,11H,10H2,1-2H3,(H,20,21). The Bertz CT molecular complexity index is 671. The fourth-order valence-corrected chi connectivity index (χ4v) is 2.81. The Kier molecular flexibility index (Phi) is 6.03. The number of benzene rings is 2. The molecule has 0 unspecified atom stereocenters. The first-order valence-corrected chi connectivity index (χ1v) is 8.52. The second-order valence-electron chi connectivity index (χ2n) is 5.19. The molecule has 0 fully saturated rings. The Morgan fingerprint density at radius 1 is 1.18 bits per heavy atom. The van der Waals surface area contributed by atoms with Crippen LogP contribution in [0.25, 0.3) is 0 Å². The van der Waals surface area contributed by atoms with Crippen molar-refractivity contribution in [1.29, 1.82) is 0 Å². The van der Waals surface area contributed by atoms with Gasteiger partial charge in [-0.2, -0.15) is 0 Å². The monoisotopic (exact) mass is 425 g/mol. The number of hydrogen-bond donors (Lipinski definition) is 1. The number of anilines is 1. The molecule has 0 atom stereocenters. The molecule has 0 saturated heterocycles. The molecule has 1 N–H and O–H groups in total. The number of hydrogen-bond acceptors (Lipinski definition) is 2. The molecule has 0 radical (unpaired) electrons. The largest absolute Gasteiger partial charge is 0.483 e. The molecular formula is C17H17Br2NO2. The van der Waals surface area contributed by atoms with Crippen LogP contribution in [0.4, 0.5) is 5.69 Å². The zero-order chi connectivity index (χ0) is 16.1. The number of rotatable bonds is 5. The molecule has 22 heavy (non-hydrogen) atoms. The second-order valence-corrected chi connectivity index (χ2v) is 6.96. The average molecular weight is 427 g/mol. The molecule has 2 rings (SSSR count). The van der Waals surface area contributed by atoms with Crippen molar-refractivity contribution in [2.45, 2.75) is 19.8 Å². The van der Waals surface area contributed by atoms with E-state index in [1.165, 1.54) is 5.56 Å². The quantitative estimate of drug-likeness (QED) is 0.699. The lowest BCUT2D eigenvalue weighted by atomic mass is 10.0. The van der Waals surface area contributed by atoms with Gasteiger partial charge in [-0.25, -0.2) is 0 Å². The summed E-state index contributed by atoms with van der Waals surface area (Å²) in [6, 6.07) is 13.3. The fourth-order valence-electron chi connectivity index (χ4n) is 1.90. The topological polar surface area (TPSA) is 38.3 Å². The van der Waals surface area contributed by atoms with E-state index in [2.05, 4.69) is 51.0 Å². The Morgan fingerprint density at radius 2 is 1.95 bits per heavy atom. The van der Waals surface area contributed by atoms with Crippen molar-refractivity contribution in [2.75, 3.05) is 11.9 Å². The molecule has 0 saturated carbocycles. The van der Waals surface area contributed by atoms with E-state index in [4.69, 9.17) is 4.74 Å². The van der Waals surface area contributed by atoms with E-state index in [0.29, 0.717) is 11.7 Å². The van der Waals surface area contributed by atoms with Gasteiger partial charge in [0.1, 0.15) is 5.75 Å². The highest BCUT2D eigenvalue weighted by Crippen LogP contribution is 2.28. The van der Waals surface area contributed by atoms with Crippen molar-refractivity contribution >= 4 is 43.5 Å². The summed E-state index contributed by atoms with van der Waals surface area (Å²) in [6.07, 6.45) is 0. The summed E-state index contributed by atoms with van der Waals surface area (Å²) < 4.78 is 7.34. The minimum atomic E-state index is -0.196. The SMILES string of the molecule is CC(C)c1ccc(OCC(=O)Nc2cccc(Br)c2)c(Br)c1. The van der Waals surface area contributed by atoms with Crippen molar-refractivity contribution in [1.82, 2.24) is 0 Å². The van der Waals surface area contributed by atoms with E-state index < -0.39 is 0 Å². The number of ether oxygens (including phenoxy) is 1. The van der Waals surface area contributed by atoms with Crippen molar-refractivity contribution in [3.8, 4) is 5.75 Å². The summed E-state index contributed by atoms with van der Waals surface area (Å²) in [5, 5.41) is 2.79. The van der Waals surface area contributed by atoms with Gasteiger partial charge in [0.2, 0.25) is 0 Å². The van der Waals surface area contributed by atoms with Crippen LogP contribution in [0.2, 0.25) is 0 Å². The van der Waals surface area contributed by atoms with Gasteiger partial charge in [0.05, 0.1) is 4.47 Å². The van der Waals surface area contributed by atoms with E-state index in [0.717, 1.165) is 14.6 Å². The predicted molar refractivity (Wildman–Crippen MR) is 96.5 cm³/mol. The van der Waals surface area contributed by atoms with Crippen LogP contribution in [0.15, 0.2) is 51.4 Å². The maximum absolute atomic E-state index is 11.9. The minimum absolute atomic E-state index is 0.0356. The van der Waals surface area contributed by atoms with Gasteiger partial charge in [-0.15, -0.1) is 0 Å². The lowest BCUT2D eigenvalue weighted by Gasteiger charge is -2.11. The predicted octanol–water partition coefficient (Wildman–Crippen LogP) is 5.35. The van der Waals surface area contributed by atoms with Crippen LogP contribution >= 0.6 is 31.9 Å². The molecular weight excluding hydrogens is 410 g/mol. The first kappa shape index (κ1) is 17.0. The first-order chi connectivity index (χ1) is 10.5. The maximum Gasteiger partial charge on any atom is 0.262 e. The van der Waals surface area contributed by atoms with Crippen molar-refractivity contribution in [2.24, 2.45) is 0 Å². The van der Waals surface area contributed by atoms with Gasteiger partial charge in [-0.3, -0.25) is 4.79 Å². The summed E-state index contributed by atoms with van der Waals surface area (Å²) in [6.45, 7) is 4.23. The molecule has 0 aliphatic rings. The lowest BCUT2D eigenvalue weighted by molar-refractivity contribution is -0.118. The molecule has 0 aromatic heterocycles. The Hall–Kier alpha value is -1.33. The van der Waals surface area contributed by atoms with Gasteiger partial charge in [0, 0.05) is 10.2 Å². The Morgan fingerprint density at radius 3 is 2.59 bits per heavy atom. The molecule has 0 aliphatic carbocycles.